The minimum absolute atomic E-state index is 0.233. The van der Waals surface area contributed by atoms with Crippen LogP contribution in [0.4, 0.5) is 0 Å². The largest absolute Gasteiger partial charge is 0.466 e. The lowest BCUT2D eigenvalue weighted by molar-refractivity contribution is -0.143. The molecule has 0 radical (unpaired) electrons. The molecule has 0 aliphatic carbocycles. The molecule has 7 heteroatoms. The Morgan fingerprint density at radius 3 is 3.07 bits per heavy atom. The summed E-state index contributed by atoms with van der Waals surface area (Å²) in [6.45, 7) is 2.84. The highest BCUT2D eigenvalue weighted by molar-refractivity contribution is 7.71. The van der Waals surface area contributed by atoms with Crippen molar-refractivity contribution >= 4 is 18.2 Å². The minimum Gasteiger partial charge on any atom is -0.466 e. The maximum absolute atomic E-state index is 11.1. The van der Waals surface area contributed by atoms with Crippen LogP contribution in [-0.4, -0.2) is 32.8 Å². The Balaban J connectivity index is 2.31. The van der Waals surface area contributed by atoms with E-state index in [4.69, 9.17) is 17.0 Å². The zero-order valence-electron chi connectivity index (χ0n) is 7.89. The first kappa shape index (κ1) is 10.8. The third-order valence-electron chi connectivity index (χ3n) is 1.54. The lowest BCUT2D eigenvalue weighted by atomic mass is 10.4. The number of carbonyl (C=O) groups excluding carboxylic acids is 1. The molecule has 78 valence electrons. The molecule has 0 amide bonds. The molecule has 1 aromatic heterocycles. The molecule has 0 aliphatic heterocycles. The van der Waals surface area contributed by atoms with Gasteiger partial charge < -0.3 is 4.74 Å². The van der Waals surface area contributed by atoms with E-state index in [0.29, 0.717) is 17.9 Å². The maximum Gasteiger partial charge on any atom is 0.307 e. The first-order chi connectivity index (χ1) is 6.74. The molecular formula is C7H12N4O2S. The molecule has 1 heterocycles. The van der Waals surface area contributed by atoms with Gasteiger partial charge in [0.05, 0.1) is 19.6 Å². The summed E-state index contributed by atoms with van der Waals surface area (Å²) in [5, 5.41) is 9.63. The number of aryl methyl sites for hydroxylation is 1. The Labute approximate surface area is 86.2 Å². The molecule has 1 aromatic rings. The van der Waals surface area contributed by atoms with Crippen molar-refractivity contribution in [1.29, 1.82) is 0 Å². The molecule has 0 atom stereocenters. The molecule has 0 fully saturated rings. The van der Waals surface area contributed by atoms with E-state index in [1.165, 1.54) is 4.68 Å². The van der Waals surface area contributed by atoms with Gasteiger partial charge in [0.2, 0.25) is 4.77 Å². The van der Waals surface area contributed by atoms with Crippen LogP contribution < -0.4 is 0 Å². The van der Waals surface area contributed by atoms with Gasteiger partial charge in [-0.2, -0.15) is 5.21 Å². The molecule has 0 saturated heterocycles. The lowest BCUT2D eigenvalue weighted by Gasteiger charge is -2.02. The molecule has 14 heavy (non-hydrogen) atoms. The quantitative estimate of drug-likeness (QED) is 0.578. The van der Waals surface area contributed by atoms with Gasteiger partial charge in [0.1, 0.15) is 0 Å². The molecule has 0 aliphatic rings. The van der Waals surface area contributed by atoms with Crippen LogP contribution in [0.5, 0.6) is 0 Å². The zero-order chi connectivity index (χ0) is 10.4. The van der Waals surface area contributed by atoms with Gasteiger partial charge in [-0.3, -0.25) is 4.79 Å². The van der Waals surface area contributed by atoms with Crippen LogP contribution in [0.2, 0.25) is 0 Å². The van der Waals surface area contributed by atoms with Crippen molar-refractivity contribution in [1.82, 2.24) is 20.2 Å². The van der Waals surface area contributed by atoms with Gasteiger partial charge in [0.25, 0.3) is 0 Å². The number of aromatic amines is 1. The predicted octanol–water partition coefficient (Wildman–Crippen LogP) is 0.679. The Morgan fingerprint density at radius 1 is 1.71 bits per heavy atom. The van der Waals surface area contributed by atoms with Gasteiger partial charge in [0, 0.05) is 0 Å². The Morgan fingerprint density at radius 2 is 2.50 bits per heavy atom. The fraction of sp³-hybridized carbons (Fsp3) is 0.714. The van der Waals surface area contributed by atoms with Crippen molar-refractivity contribution in [3.63, 3.8) is 0 Å². The monoisotopic (exact) mass is 216 g/mol. The zero-order valence-corrected chi connectivity index (χ0v) is 8.71. The van der Waals surface area contributed by atoms with E-state index in [9.17, 15) is 4.79 Å². The van der Waals surface area contributed by atoms with Crippen molar-refractivity contribution in [3.8, 4) is 0 Å². The highest BCUT2D eigenvalue weighted by Crippen LogP contribution is 1.92. The lowest BCUT2D eigenvalue weighted by Crippen LogP contribution is -2.10. The molecule has 0 aromatic carbocycles. The normalized spacial score (nSPS) is 10.1. The topological polar surface area (TPSA) is 72.8 Å². The number of rotatable bonds is 5. The van der Waals surface area contributed by atoms with Gasteiger partial charge >= 0.3 is 5.97 Å². The summed E-state index contributed by atoms with van der Waals surface area (Å²) in [5.41, 5.74) is 0. The van der Waals surface area contributed by atoms with E-state index >= 15 is 0 Å². The molecule has 6 nitrogen and oxygen atoms in total. The van der Waals surface area contributed by atoms with E-state index < -0.39 is 0 Å². The summed E-state index contributed by atoms with van der Waals surface area (Å²) in [5.74, 6) is -0.233. The number of tetrazole rings is 1. The van der Waals surface area contributed by atoms with Gasteiger partial charge in [-0.25, -0.2) is 4.68 Å². The average molecular weight is 216 g/mol. The number of nitrogens with zero attached hydrogens (tertiary/aromatic N) is 3. The summed E-state index contributed by atoms with van der Waals surface area (Å²) in [4.78, 5) is 11.1. The van der Waals surface area contributed by atoms with Crippen molar-refractivity contribution < 1.29 is 9.53 Å². The van der Waals surface area contributed by atoms with Crippen molar-refractivity contribution in [2.45, 2.75) is 26.3 Å². The van der Waals surface area contributed by atoms with Gasteiger partial charge in [-0.1, -0.05) is 17.2 Å². The highest BCUT2D eigenvalue weighted by Gasteiger charge is 2.03. The number of hydrogen-bond acceptors (Lipinski definition) is 5. The number of esters is 1. The number of hydrogen-bond donors (Lipinski definition) is 1. The molecule has 0 saturated carbocycles. The van der Waals surface area contributed by atoms with E-state index in [0.717, 1.165) is 6.42 Å². The summed E-state index contributed by atoms with van der Waals surface area (Å²) < 4.78 is 6.75. The van der Waals surface area contributed by atoms with E-state index in [1.807, 2.05) is 6.92 Å². The second-order valence-electron chi connectivity index (χ2n) is 2.70. The average Bonchev–Trinajstić information content (AvgIpc) is 2.58. The van der Waals surface area contributed by atoms with Crippen LogP contribution in [0, 0.1) is 4.77 Å². The molecular weight excluding hydrogens is 204 g/mol. The van der Waals surface area contributed by atoms with E-state index in [1.54, 1.807) is 0 Å². The van der Waals surface area contributed by atoms with Crippen LogP contribution >= 0.6 is 12.2 Å². The van der Waals surface area contributed by atoms with Crippen LogP contribution in [0.3, 0.4) is 0 Å². The first-order valence-corrected chi connectivity index (χ1v) is 4.78. The third kappa shape index (κ3) is 3.25. The number of aromatic nitrogens is 4. The van der Waals surface area contributed by atoms with Crippen molar-refractivity contribution in [3.05, 3.63) is 4.77 Å². The number of nitrogens with one attached hydrogen (secondary N) is 1. The second kappa shape index (κ2) is 5.48. The van der Waals surface area contributed by atoms with Gasteiger partial charge in [-0.15, -0.1) is 0 Å². The van der Waals surface area contributed by atoms with Crippen LogP contribution in [0.15, 0.2) is 0 Å². The molecule has 0 bridgehead atoms. The number of H-pyrrole nitrogens is 1. The molecule has 1 N–H and O–H groups in total. The van der Waals surface area contributed by atoms with Crippen LogP contribution in [0.1, 0.15) is 19.8 Å². The summed E-state index contributed by atoms with van der Waals surface area (Å²) in [6.07, 6.45) is 1.11. The second-order valence-corrected chi connectivity index (χ2v) is 3.07. The van der Waals surface area contributed by atoms with Crippen LogP contribution in [0.25, 0.3) is 0 Å². The van der Waals surface area contributed by atoms with Crippen LogP contribution in [-0.2, 0) is 16.1 Å². The van der Waals surface area contributed by atoms with Crippen molar-refractivity contribution in [2.24, 2.45) is 0 Å². The Kier molecular flexibility index (Phi) is 4.24. The molecule has 0 spiro atoms. The Bertz CT molecular complexity index is 345. The Hall–Kier alpha value is -1.24. The molecule has 0 unspecified atom stereocenters. The SMILES string of the molecule is CCCOC(=O)CCn1[nH]nnc1=S. The van der Waals surface area contributed by atoms with E-state index in [2.05, 4.69) is 15.5 Å². The standard InChI is InChI=1S/C7H12N4O2S/c1-2-5-13-6(12)3-4-11-7(14)8-9-10-11/h2-5H2,1H3,(H,8,10,14). The predicted molar refractivity (Wildman–Crippen MR) is 51.1 cm³/mol. The summed E-state index contributed by atoms with van der Waals surface area (Å²) >= 11 is 4.83. The smallest absolute Gasteiger partial charge is 0.307 e. The van der Waals surface area contributed by atoms with Gasteiger partial charge in [-0.05, 0) is 18.6 Å². The fourth-order valence-corrected chi connectivity index (χ4v) is 1.03. The summed E-state index contributed by atoms with van der Waals surface area (Å²) in [7, 11) is 0. The first-order valence-electron chi connectivity index (χ1n) is 4.37. The van der Waals surface area contributed by atoms with E-state index in [-0.39, 0.29) is 12.4 Å². The minimum atomic E-state index is -0.233. The number of carbonyl (C=O) groups is 1. The van der Waals surface area contributed by atoms with Crippen molar-refractivity contribution in [2.75, 3.05) is 6.61 Å². The fourth-order valence-electron chi connectivity index (χ4n) is 0.853. The summed E-state index contributed by atoms with van der Waals surface area (Å²) in [6, 6.07) is 0. The number of ether oxygens (including phenoxy) is 1. The maximum atomic E-state index is 11.1. The molecule has 1 rings (SSSR count). The highest BCUT2D eigenvalue weighted by atomic mass is 32.1. The van der Waals surface area contributed by atoms with Gasteiger partial charge in [0.15, 0.2) is 0 Å². The third-order valence-corrected chi connectivity index (χ3v) is 1.84.